The molecule has 2 heterocycles. The van der Waals surface area contributed by atoms with Crippen LogP contribution in [-0.2, 0) is 4.79 Å². The van der Waals surface area contributed by atoms with Gasteiger partial charge in [0.15, 0.2) is 11.5 Å². The van der Waals surface area contributed by atoms with Gasteiger partial charge in [-0.05, 0) is 78.7 Å². The number of halogens is 1. The van der Waals surface area contributed by atoms with Crippen LogP contribution in [0.2, 0.25) is 0 Å². The molecule has 3 aromatic rings. The number of unbranched alkanes of at least 4 members (excludes halogenated alkanes) is 1. The lowest BCUT2D eigenvalue weighted by Gasteiger charge is -2.29. The molecule has 1 amide bonds. The fraction of sp³-hybridized carbons (Fsp3) is 0.414. The molecule has 0 saturated carbocycles. The summed E-state index contributed by atoms with van der Waals surface area (Å²) < 4.78 is 20.4. The lowest BCUT2D eigenvalue weighted by molar-refractivity contribution is -0.113. The van der Waals surface area contributed by atoms with Gasteiger partial charge in [-0.2, -0.15) is 4.98 Å². The van der Waals surface area contributed by atoms with Crippen LogP contribution in [0.3, 0.4) is 0 Å². The Balaban J connectivity index is 1.81. The smallest absolute Gasteiger partial charge is 0.255 e. The first-order valence-electron chi connectivity index (χ1n) is 13.6. The van der Waals surface area contributed by atoms with E-state index >= 15 is 0 Å². The van der Waals surface area contributed by atoms with E-state index in [0.29, 0.717) is 65.1 Å². The molecule has 0 bridgehead atoms. The van der Waals surface area contributed by atoms with Crippen molar-refractivity contribution in [2.75, 3.05) is 36.2 Å². The Labute approximate surface area is 248 Å². The standard InChI is InChI=1S/C29H36BrN5O4S/c1-6-10-15-39-26-20(30)16-19(17-23(26)38-8-3)25-24(18(5)31-28-33-29(40-9-4)34-35(25)28)27(36)32-21-13-11-12-14-22(21)37-7-2/h11-14,16-17,25H,6-10,15H2,1-5H3,(H,32,36)(H,31,33,34). The highest BCUT2D eigenvalue weighted by molar-refractivity contribution is 9.10. The Morgan fingerprint density at radius 3 is 2.58 bits per heavy atom. The number of thioether (sulfide) groups is 1. The molecule has 0 saturated heterocycles. The molecule has 0 aliphatic carbocycles. The van der Waals surface area contributed by atoms with Gasteiger partial charge < -0.3 is 24.8 Å². The summed E-state index contributed by atoms with van der Waals surface area (Å²) in [6, 6.07) is 10.7. The first-order valence-corrected chi connectivity index (χ1v) is 15.4. The summed E-state index contributed by atoms with van der Waals surface area (Å²) in [6.45, 7) is 11.4. The maximum Gasteiger partial charge on any atom is 0.255 e. The summed E-state index contributed by atoms with van der Waals surface area (Å²) in [7, 11) is 0. The molecular formula is C29H36BrN5O4S. The molecule has 1 unspecified atom stereocenters. The number of benzene rings is 2. The van der Waals surface area contributed by atoms with Gasteiger partial charge in [-0.3, -0.25) is 4.79 Å². The number of hydrogen-bond donors (Lipinski definition) is 2. The molecule has 11 heteroatoms. The highest BCUT2D eigenvalue weighted by Crippen LogP contribution is 2.43. The van der Waals surface area contributed by atoms with Crippen LogP contribution in [0.4, 0.5) is 11.6 Å². The number of para-hydroxylation sites is 2. The first kappa shape index (κ1) is 29.8. The number of ether oxygens (including phenoxy) is 3. The Morgan fingerprint density at radius 2 is 1.85 bits per heavy atom. The topological polar surface area (TPSA) is 99.5 Å². The number of anilines is 2. The zero-order valence-electron chi connectivity index (χ0n) is 23.5. The molecule has 214 valence electrons. The molecule has 1 aliphatic rings. The van der Waals surface area contributed by atoms with Crippen molar-refractivity contribution in [1.82, 2.24) is 14.8 Å². The number of amides is 1. The molecule has 1 aliphatic heterocycles. The molecule has 0 radical (unpaired) electrons. The molecule has 0 spiro atoms. The molecule has 40 heavy (non-hydrogen) atoms. The van der Waals surface area contributed by atoms with E-state index in [-0.39, 0.29) is 5.91 Å². The number of rotatable bonds is 13. The number of nitrogens with zero attached hydrogens (tertiary/aromatic N) is 3. The predicted octanol–water partition coefficient (Wildman–Crippen LogP) is 7.06. The van der Waals surface area contributed by atoms with Crippen molar-refractivity contribution in [2.45, 2.75) is 58.7 Å². The van der Waals surface area contributed by atoms with E-state index in [1.165, 1.54) is 0 Å². The van der Waals surface area contributed by atoms with E-state index in [9.17, 15) is 4.79 Å². The van der Waals surface area contributed by atoms with Crippen molar-refractivity contribution in [3.05, 3.63) is 57.7 Å². The van der Waals surface area contributed by atoms with Crippen molar-refractivity contribution >= 4 is 45.2 Å². The molecule has 4 rings (SSSR count). The summed E-state index contributed by atoms with van der Waals surface area (Å²) in [4.78, 5) is 18.7. The van der Waals surface area contributed by atoms with E-state index in [0.717, 1.165) is 28.6 Å². The van der Waals surface area contributed by atoms with E-state index in [1.807, 2.05) is 57.2 Å². The normalized spacial score (nSPS) is 14.4. The Bertz CT molecular complexity index is 1380. The van der Waals surface area contributed by atoms with Gasteiger partial charge in [0, 0.05) is 5.70 Å². The number of nitrogens with one attached hydrogen (secondary N) is 2. The number of aromatic nitrogens is 3. The van der Waals surface area contributed by atoms with Gasteiger partial charge in [-0.25, -0.2) is 4.68 Å². The van der Waals surface area contributed by atoms with Crippen LogP contribution in [0.5, 0.6) is 17.2 Å². The number of fused-ring (bicyclic) bond motifs is 1. The average Bonchev–Trinajstić information content (AvgIpc) is 3.32. The second-order valence-corrected chi connectivity index (χ2v) is 11.1. The summed E-state index contributed by atoms with van der Waals surface area (Å²) in [5, 5.41) is 11.8. The van der Waals surface area contributed by atoms with E-state index < -0.39 is 6.04 Å². The summed E-state index contributed by atoms with van der Waals surface area (Å²) in [5.74, 6) is 2.98. The van der Waals surface area contributed by atoms with Crippen molar-refractivity contribution < 1.29 is 19.0 Å². The zero-order chi connectivity index (χ0) is 28.6. The quantitative estimate of drug-likeness (QED) is 0.153. The fourth-order valence-corrected chi connectivity index (χ4v) is 5.56. The second kappa shape index (κ2) is 13.9. The molecule has 2 aromatic carbocycles. The third-order valence-corrected chi connectivity index (χ3v) is 7.49. The monoisotopic (exact) mass is 629 g/mol. The Kier molecular flexibility index (Phi) is 10.4. The Morgan fingerprint density at radius 1 is 1.10 bits per heavy atom. The number of carbonyl (C=O) groups is 1. The molecule has 1 aromatic heterocycles. The van der Waals surface area contributed by atoms with Crippen LogP contribution >= 0.6 is 27.7 Å². The van der Waals surface area contributed by atoms with Gasteiger partial charge in [0.25, 0.3) is 5.91 Å². The summed E-state index contributed by atoms with van der Waals surface area (Å²) in [6.07, 6.45) is 1.96. The van der Waals surface area contributed by atoms with E-state index in [2.05, 4.69) is 45.4 Å². The Hall–Kier alpha value is -3.18. The van der Waals surface area contributed by atoms with Gasteiger partial charge in [0.2, 0.25) is 11.1 Å². The number of allylic oxidation sites excluding steroid dienone is 1. The van der Waals surface area contributed by atoms with Crippen LogP contribution in [0.1, 0.15) is 59.1 Å². The molecular weight excluding hydrogens is 594 g/mol. The minimum Gasteiger partial charge on any atom is -0.492 e. The molecule has 2 N–H and O–H groups in total. The third kappa shape index (κ3) is 6.58. The van der Waals surface area contributed by atoms with Crippen LogP contribution in [0.15, 0.2) is 57.3 Å². The molecule has 1 atom stereocenters. The number of hydrogen-bond acceptors (Lipinski definition) is 8. The molecule has 9 nitrogen and oxygen atoms in total. The van der Waals surface area contributed by atoms with Crippen molar-refractivity contribution in [3.8, 4) is 17.2 Å². The average molecular weight is 631 g/mol. The van der Waals surface area contributed by atoms with Crippen LogP contribution < -0.4 is 24.8 Å². The second-order valence-electron chi connectivity index (χ2n) is 9.01. The van der Waals surface area contributed by atoms with Gasteiger partial charge in [0.05, 0.1) is 35.6 Å². The third-order valence-electron chi connectivity index (χ3n) is 6.18. The number of carbonyl (C=O) groups excluding carboxylic acids is 1. The van der Waals surface area contributed by atoms with Gasteiger partial charge >= 0.3 is 0 Å². The predicted molar refractivity (Wildman–Crippen MR) is 163 cm³/mol. The van der Waals surface area contributed by atoms with Crippen molar-refractivity contribution in [2.24, 2.45) is 0 Å². The van der Waals surface area contributed by atoms with Crippen LogP contribution in [0, 0.1) is 0 Å². The van der Waals surface area contributed by atoms with Gasteiger partial charge in [-0.1, -0.05) is 44.2 Å². The first-order chi connectivity index (χ1) is 19.4. The SMILES string of the molecule is CCCCOc1c(Br)cc(C2C(C(=O)Nc3ccccc3OCC)=C(C)Nc3nc(SCC)nn32)cc1OCC. The fourth-order valence-electron chi connectivity index (χ4n) is 4.43. The lowest BCUT2D eigenvalue weighted by atomic mass is 9.94. The van der Waals surface area contributed by atoms with Crippen LogP contribution in [-0.4, -0.2) is 46.2 Å². The summed E-state index contributed by atoms with van der Waals surface area (Å²) in [5.41, 5.74) is 2.59. The van der Waals surface area contributed by atoms with Gasteiger partial charge in [-0.15, -0.1) is 5.10 Å². The molecule has 0 fully saturated rings. The maximum absolute atomic E-state index is 14.0. The van der Waals surface area contributed by atoms with Crippen molar-refractivity contribution in [1.29, 1.82) is 0 Å². The van der Waals surface area contributed by atoms with Gasteiger partial charge in [0.1, 0.15) is 11.8 Å². The van der Waals surface area contributed by atoms with Crippen LogP contribution in [0.25, 0.3) is 0 Å². The van der Waals surface area contributed by atoms with E-state index in [1.54, 1.807) is 16.4 Å². The minimum atomic E-state index is -0.575. The summed E-state index contributed by atoms with van der Waals surface area (Å²) >= 11 is 5.25. The van der Waals surface area contributed by atoms with Crippen molar-refractivity contribution in [3.63, 3.8) is 0 Å². The maximum atomic E-state index is 14.0. The van der Waals surface area contributed by atoms with E-state index in [4.69, 9.17) is 19.3 Å². The highest BCUT2D eigenvalue weighted by Gasteiger charge is 2.35. The minimum absolute atomic E-state index is 0.273. The zero-order valence-corrected chi connectivity index (χ0v) is 25.9. The lowest BCUT2D eigenvalue weighted by Crippen LogP contribution is -2.31. The highest BCUT2D eigenvalue weighted by atomic mass is 79.9. The largest absolute Gasteiger partial charge is 0.492 e.